The number of ether oxygens (including phenoxy) is 2. The number of nitrogens with zero attached hydrogens (tertiary/aromatic N) is 1. The summed E-state index contributed by atoms with van der Waals surface area (Å²) >= 11 is 0. The molecule has 30 heavy (non-hydrogen) atoms. The zero-order valence-corrected chi connectivity index (χ0v) is 18.0. The molecule has 0 spiro atoms. The average molecular weight is 419 g/mol. The van der Waals surface area contributed by atoms with E-state index in [1.807, 2.05) is 32.0 Å². The lowest BCUT2D eigenvalue weighted by Crippen LogP contribution is -2.44. The Bertz CT molecular complexity index is 719. The Kier molecular flexibility index (Phi) is 8.04. The molecule has 1 heterocycles. The summed E-state index contributed by atoms with van der Waals surface area (Å²) in [7, 11) is 0. The summed E-state index contributed by atoms with van der Waals surface area (Å²) in [4.78, 5) is 26.5. The van der Waals surface area contributed by atoms with Gasteiger partial charge >= 0.3 is 12.1 Å². The Morgan fingerprint density at radius 3 is 2.63 bits per heavy atom. The first-order valence-corrected chi connectivity index (χ1v) is 11.0. The van der Waals surface area contributed by atoms with Crippen LogP contribution in [0.1, 0.15) is 58.8 Å². The van der Waals surface area contributed by atoms with Gasteiger partial charge in [0.05, 0.1) is 0 Å². The van der Waals surface area contributed by atoms with E-state index in [9.17, 15) is 9.59 Å². The zero-order chi connectivity index (χ0) is 21.3. The van der Waals surface area contributed by atoms with Crippen molar-refractivity contribution in [2.24, 2.45) is 0 Å². The summed E-state index contributed by atoms with van der Waals surface area (Å²) in [5.41, 5.74) is 0.764. The Morgan fingerprint density at radius 1 is 1.10 bits per heavy atom. The van der Waals surface area contributed by atoms with E-state index in [0.717, 1.165) is 31.4 Å². The quantitative estimate of drug-likeness (QED) is 0.561. The third kappa shape index (κ3) is 6.43. The summed E-state index contributed by atoms with van der Waals surface area (Å²) in [5.74, 6) is 1.34. The second kappa shape index (κ2) is 10.9. The van der Waals surface area contributed by atoms with Crippen LogP contribution >= 0.6 is 0 Å². The summed E-state index contributed by atoms with van der Waals surface area (Å²) in [6.45, 7) is 5.20. The first-order valence-electron chi connectivity index (χ1n) is 11.0. The highest BCUT2D eigenvalue weighted by atomic mass is 16.7. The summed E-state index contributed by atoms with van der Waals surface area (Å²) in [5, 5.41) is 8.94. The molecule has 0 saturated heterocycles. The van der Waals surface area contributed by atoms with Gasteiger partial charge < -0.3 is 25.4 Å². The minimum atomic E-state index is -0.146. The van der Waals surface area contributed by atoms with Crippen molar-refractivity contribution in [1.82, 2.24) is 16.0 Å². The highest BCUT2D eigenvalue weighted by Gasteiger charge is 2.20. The normalized spacial score (nSPS) is 15.7. The molecular formula is C22H34N4O4. The highest BCUT2D eigenvalue weighted by Crippen LogP contribution is 2.35. The number of benzene rings is 1. The number of nitrogens with one attached hydrogen (secondary N) is 3. The van der Waals surface area contributed by atoms with Crippen LogP contribution in [0.4, 0.5) is 15.3 Å². The van der Waals surface area contributed by atoms with Crippen molar-refractivity contribution >= 4 is 17.7 Å². The van der Waals surface area contributed by atoms with Crippen molar-refractivity contribution in [3.8, 4) is 11.5 Å². The molecule has 1 aromatic carbocycles. The number of fused-ring (bicyclic) bond motifs is 1. The molecule has 0 aromatic heterocycles. The largest absolute Gasteiger partial charge is 0.454 e. The van der Waals surface area contributed by atoms with E-state index in [-0.39, 0.29) is 24.9 Å². The minimum Gasteiger partial charge on any atom is -0.454 e. The predicted molar refractivity (Wildman–Crippen MR) is 116 cm³/mol. The third-order valence-electron chi connectivity index (χ3n) is 5.36. The van der Waals surface area contributed by atoms with Gasteiger partial charge in [0.1, 0.15) is 0 Å². The molecule has 166 valence electrons. The van der Waals surface area contributed by atoms with Crippen LogP contribution in [0.2, 0.25) is 0 Å². The van der Waals surface area contributed by atoms with E-state index in [1.54, 1.807) is 4.90 Å². The number of urea groups is 2. The van der Waals surface area contributed by atoms with Crippen LogP contribution in [-0.2, 0) is 0 Å². The Morgan fingerprint density at radius 2 is 1.87 bits per heavy atom. The van der Waals surface area contributed by atoms with E-state index < -0.39 is 0 Å². The van der Waals surface area contributed by atoms with Crippen LogP contribution in [0.15, 0.2) is 18.2 Å². The van der Waals surface area contributed by atoms with Crippen molar-refractivity contribution in [2.45, 2.75) is 70.9 Å². The number of rotatable bonds is 8. The van der Waals surface area contributed by atoms with Gasteiger partial charge in [-0.25, -0.2) is 9.59 Å². The summed E-state index contributed by atoms with van der Waals surface area (Å²) in [6.07, 6.45) is 7.35. The maximum Gasteiger partial charge on any atom is 0.322 e. The van der Waals surface area contributed by atoms with E-state index in [2.05, 4.69) is 16.0 Å². The van der Waals surface area contributed by atoms with E-state index in [4.69, 9.17) is 9.47 Å². The molecular weight excluding hydrogens is 384 g/mol. The fourth-order valence-corrected chi connectivity index (χ4v) is 3.81. The minimum absolute atomic E-state index is 0.0409. The van der Waals surface area contributed by atoms with Gasteiger partial charge in [0.15, 0.2) is 11.5 Å². The first kappa shape index (κ1) is 22.1. The zero-order valence-electron chi connectivity index (χ0n) is 18.0. The molecule has 2 aliphatic rings. The molecule has 0 bridgehead atoms. The van der Waals surface area contributed by atoms with E-state index in [1.165, 1.54) is 19.3 Å². The fraction of sp³-hybridized carbons (Fsp3) is 0.636. The predicted octanol–water partition coefficient (Wildman–Crippen LogP) is 3.75. The molecule has 1 fully saturated rings. The van der Waals surface area contributed by atoms with E-state index >= 15 is 0 Å². The van der Waals surface area contributed by atoms with Crippen molar-refractivity contribution < 1.29 is 19.1 Å². The van der Waals surface area contributed by atoms with Gasteiger partial charge in [-0.3, -0.25) is 4.90 Å². The topological polar surface area (TPSA) is 91.9 Å². The molecule has 1 aliphatic heterocycles. The monoisotopic (exact) mass is 418 g/mol. The van der Waals surface area contributed by atoms with Crippen molar-refractivity contribution in [3.63, 3.8) is 0 Å². The van der Waals surface area contributed by atoms with Crippen LogP contribution in [0.3, 0.4) is 0 Å². The first-order chi connectivity index (χ1) is 14.5. The SMILES string of the molecule is CC(C)NC(=O)N(CCCCNC(=O)NC1CCCCC1)c1ccc2c(c1)OCO2. The van der Waals surface area contributed by atoms with Crippen molar-refractivity contribution in [3.05, 3.63) is 18.2 Å². The Labute approximate surface area is 178 Å². The lowest BCUT2D eigenvalue weighted by atomic mass is 9.96. The number of carbonyl (C=O) groups excluding carboxylic acids is 2. The average Bonchev–Trinajstić information content (AvgIpc) is 3.18. The summed E-state index contributed by atoms with van der Waals surface area (Å²) < 4.78 is 10.8. The smallest absolute Gasteiger partial charge is 0.322 e. The van der Waals surface area contributed by atoms with Gasteiger partial charge in [-0.15, -0.1) is 0 Å². The van der Waals surface area contributed by atoms with Crippen LogP contribution in [0, 0.1) is 0 Å². The fourth-order valence-electron chi connectivity index (χ4n) is 3.81. The summed E-state index contributed by atoms with van der Waals surface area (Å²) in [6, 6.07) is 5.63. The van der Waals surface area contributed by atoms with Gasteiger partial charge in [0, 0.05) is 36.9 Å². The van der Waals surface area contributed by atoms with Gasteiger partial charge in [0.2, 0.25) is 6.79 Å². The standard InChI is InChI=1S/C22H34N4O4/c1-16(2)24-22(28)26(18-10-11-19-20(14-18)30-15-29-19)13-7-6-12-23-21(27)25-17-8-4-3-5-9-17/h10-11,14,16-17H,3-9,12-13,15H2,1-2H3,(H,24,28)(H2,23,25,27). The molecule has 1 saturated carbocycles. The van der Waals surface area contributed by atoms with Gasteiger partial charge in [-0.2, -0.15) is 0 Å². The van der Waals surface area contributed by atoms with Gasteiger partial charge in [0.25, 0.3) is 0 Å². The van der Waals surface area contributed by atoms with Crippen LogP contribution in [-0.4, -0.2) is 44.0 Å². The second-order valence-corrected chi connectivity index (χ2v) is 8.24. The molecule has 8 heteroatoms. The number of hydrogen-bond donors (Lipinski definition) is 3. The molecule has 4 amide bonds. The van der Waals surface area contributed by atoms with Crippen LogP contribution in [0.25, 0.3) is 0 Å². The van der Waals surface area contributed by atoms with Crippen molar-refractivity contribution in [1.29, 1.82) is 0 Å². The molecule has 8 nitrogen and oxygen atoms in total. The van der Waals surface area contributed by atoms with Crippen molar-refractivity contribution in [2.75, 3.05) is 24.8 Å². The number of unbranched alkanes of at least 4 members (excludes halogenated alkanes) is 1. The van der Waals surface area contributed by atoms with E-state index in [0.29, 0.717) is 30.6 Å². The Hall–Kier alpha value is -2.64. The molecule has 3 N–H and O–H groups in total. The highest BCUT2D eigenvalue weighted by molar-refractivity contribution is 5.92. The Balaban J connectivity index is 1.46. The number of carbonyl (C=O) groups is 2. The molecule has 1 aromatic rings. The molecule has 0 atom stereocenters. The lowest BCUT2D eigenvalue weighted by molar-refractivity contribution is 0.174. The van der Waals surface area contributed by atoms with Crippen LogP contribution in [0.5, 0.6) is 11.5 Å². The third-order valence-corrected chi connectivity index (χ3v) is 5.36. The molecule has 0 radical (unpaired) electrons. The lowest BCUT2D eigenvalue weighted by Gasteiger charge is -2.25. The number of amides is 4. The number of anilines is 1. The molecule has 0 unspecified atom stereocenters. The molecule has 3 rings (SSSR count). The van der Waals surface area contributed by atoms with Gasteiger partial charge in [-0.1, -0.05) is 19.3 Å². The molecule has 1 aliphatic carbocycles. The maximum absolute atomic E-state index is 12.7. The van der Waals surface area contributed by atoms with Crippen LogP contribution < -0.4 is 30.3 Å². The number of hydrogen-bond acceptors (Lipinski definition) is 4. The second-order valence-electron chi connectivity index (χ2n) is 8.24. The van der Waals surface area contributed by atoms with Gasteiger partial charge in [-0.05, 0) is 51.7 Å². The maximum atomic E-state index is 12.7.